The molecule has 0 spiro atoms. The fourth-order valence-corrected chi connectivity index (χ4v) is 2.47. The molecular weight excluding hydrogens is 453 g/mol. The highest BCUT2D eigenvalue weighted by atomic mass is 127. The number of pyridine rings is 1. The molecule has 3 N–H and O–H groups in total. The van der Waals surface area contributed by atoms with Crippen LogP contribution in [0.15, 0.2) is 53.8 Å². The standard InChI is InChI=1S/C20H27N5O.HI/c1-4-22-20(23-12-16(3)17-8-5-7-15(2)11-17)24-14-19(26)25-18-9-6-10-21-13-18;/h5-11,13,16H,4,12,14H2,1-3H3,(H,25,26)(H2,22,23,24);1H. The Labute approximate surface area is 178 Å². The van der Waals surface area contributed by atoms with Crippen LogP contribution < -0.4 is 16.0 Å². The zero-order valence-corrected chi connectivity index (χ0v) is 18.4. The molecule has 0 fully saturated rings. The summed E-state index contributed by atoms with van der Waals surface area (Å²) in [4.78, 5) is 20.3. The van der Waals surface area contributed by atoms with Gasteiger partial charge in [-0.15, -0.1) is 24.0 Å². The van der Waals surface area contributed by atoms with Gasteiger partial charge in [0.25, 0.3) is 0 Å². The number of hydrogen-bond acceptors (Lipinski definition) is 3. The summed E-state index contributed by atoms with van der Waals surface area (Å²) in [5.74, 6) is 0.790. The van der Waals surface area contributed by atoms with E-state index in [-0.39, 0.29) is 36.4 Å². The summed E-state index contributed by atoms with van der Waals surface area (Å²) in [6.45, 7) is 7.77. The van der Waals surface area contributed by atoms with Gasteiger partial charge in [-0.05, 0) is 37.5 Å². The molecule has 0 saturated heterocycles. The van der Waals surface area contributed by atoms with E-state index in [1.807, 2.05) is 6.92 Å². The van der Waals surface area contributed by atoms with Crippen LogP contribution in [-0.2, 0) is 4.79 Å². The molecule has 1 aromatic carbocycles. The fraction of sp³-hybridized carbons (Fsp3) is 0.350. The lowest BCUT2D eigenvalue weighted by Gasteiger charge is -2.16. The Morgan fingerprint density at radius 1 is 1.22 bits per heavy atom. The zero-order chi connectivity index (χ0) is 18.8. The first-order valence-electron chi connectivity index (χ1n) is 8.87. The number of nitrogens with one attached hydrogen (secondary N) is 3. The number of hydrogen-bond donors (Lipinski definition) is 3. The Bertz CT molecular complexity index is 736. The van der Waals surface area contributed by atoms with Gasteiger partial charge < -0.3 is 16.0 Å². The van der Waals surface area contributed by atoms with E-state index in [9.17, 15) is 4.79 Å². The minimum absolute atomic E-state index is 0. The number of carbonyl (C=O) groups excluding carboxylic acids is 1. The summed E-state index contributed by atoms with van der Waals surface area (Å²) >= 11 is 0. The monoisotopic (exact) mass is 481 g/mol. The maximum atomic E-state index is 12.0. The third-order valence-electron chi connectivity index (χ3n) is 3.86. The predicted octanol–water partition coefficient (Wildman–Crippen LogP) is 3.31. The average molecular weight is 481 g/mol. The van der Waals surface area contributed by atoms with Crippen LogP contribution in [0.5, 0.6) is 0 Å². The quantitative estimate of drug-likeness (QED) is 0.322. The topological polar surface area (TPSA) is 78.4 Å². The van der Waals surface area contributed by atoms with Crippen LogP contribution in [0.3, 0.4) is 0 Å². The first-order valence-corrected chi connectivity index (χ1v) is 8.87. The van der Waals surface area contributed by atoms with Crippen molar-refractivity contribution in [1.29, 1.82) is 0 Å². The maximum absolute atomic E-state index is 12.0. The van der Waals surface area contributed by atoms with E-state index >= 15 is 0 Å². The molecule has 6 nitrogen and oxygen atoms in total. The number of aliphatic imine (C=N–C) groups is 1. The largest absolute Gasteiger partial charge is 0.357 e. The molecule has 1 heterocycles. The summed E-state index contributed by atoms with van der Waals surface area (Å²) < 4.78 is 0. The van der Waals surface area contributed by atoms with Crippen molar-refractivity contribution in [3.05, 3.63) is 59.9 Å². The van der Waals surface area contributed by atoms with Crippen molar-refractivity contribution in [3.8, 4) is 0 Å². The molecule has 1 atom stereocenters. The molecule has 27 heavy (non-hydrogen) atoms. The van der Waals surface area contributed by atoms with Crippen molar-refractivity contribution in [3.63, 3.8) is 0 Å². The molecular formula is C20H28IN5O. The number of benzene rings is 1. The molecule has 7 heteroatoms. The highest BCUT2D eigenvalue weighted by Gasteiger charge is 2.08. The molecule has 0 bridgehead atoms. The van der Waals surface area contributed by atoms with E-state index in [1.165, 1.54) is 11.1 Å². The third kappa shape index (κ3) is 8.38. The molecule has 146 valence electrons. The van der Waals surface area contributed by atoms with Crippen LogP contribution in [0.4, 0.5) is 5.69 Å². The second-order valence-electron chi connectivity index (χ2n) is 6.18. The summed E-state index contributed by atoms with van der Waals surface area (Å²) in [6, 6.07) is 12.1. The van der Waals surface area contributed by atoms with E-state index in [4.69, 9.17) is 0 Å². The molecule has 1 aromatic heterocycles. The van der Waals surface area contributed by atoms with E-state index in [1.54, 1.807) is 24.5 Å². The van der Waals surface area contributed by atoms with Gasteiger partial charge in [0.2, 0.25) is 5.91 Å². The van der Waals surface area contributed by atoms with Crippen molar-refractivity contribution in [1.82, 2.24) is 15.6 Å². The smallest absolute Gasteiger partial charge is 0.246 e. The number of guanidine groups is 1. The van der Waals surface area contributed by atoms with Gasteiger partial charge in [0.05, 0.1) is 11.9 Å². The van der Waals surface area contributed by atoms with Crippen molar-refractivity contribution in [2.45, 2.75) is 26.7 Å². The van der Waals surface area contributed by atoms with Crippen LogP contribution in [0.25, 0.3) is 0 Å². The van der Waals surface area contributed by atoms with E-state index in [0.717, 1.165) is 13.1 Å². The second kappa shape index (κ2) is 12.3. The first-order chi connectivity index (χ1) is 12.6. The van der Waals surface area contributed by atoms with Crippen LogP contribution in [0.2, 0.25) is 0 Å². The lowest BCUT2D eigenvalue weighted by molar-refractivity contribution is -0.114. The van der Waals surface area contributed by atoms with Gasteiger partial charge in [0.15, 0.2) is 5.96 Å². The predicted molar refractivity (Wildman–Crippen MR) is 122 cm³/mol. The van der Waals surface area contributed by atoms with Crippen LogP contribution in [0, 0.1) is 6.92 Å². The van der Waals surface area contributed by atoms with Gasteiger partial charge in [-0.1, -0.05) is 36.8 Å². The van der Waals surface area contributed by atoms with Crippen molar-refractivity contribution >= 4 is 41.5 Å². The maximum Gasteiger partial charge on any atom is 0.246 e. The van der Waals surface area contributed by atoms with E-state index in [0.29, 0.717) is 17.6 Å². The molecule has 0 radical (unpaired) electrons. The van der Waals surface area contributed by atoms with Gasteiger partial charge in [-0.25, -0.2) is 4.99 Å². The number of carbonyl (C=O) groups is 1. The summed E-state index contributed by atoms with van der Waals surface area (Å²) in [6.07, 6.45) is 3.27. The number of nitrogens with zero attached hydrogens (tertiary/aromatic N) is 2. The first kappa shape index (κ1) is 22.9. The minimum Gasteiger partial charge on any atom is -0.357 e. The van der Waals surface area contributed by atoms with Crippen molar-refractivity contribution in [2.24, 2.45) is 4.99 Å². The van der Waals surface area contributed by atoms with Gasteiger partial charge in [0.1, 0.15) is 6.54 Å². The molecule has 0 saturated carbocycles. The van der Waals surface area contributed by atoms with Crippen molar-refractivity contribution < 1.29 is 4.79 Å². The van der Waals surface area contributed by atoms with Gasteiger partial charge in [-0.2, -0.15) is 0 Å². The Balaban J connectivity index is 0.00000364. The average Bonchev–Trinajstić information content (AvgIpc) is 2.64. The summed E-state index contributed by atoms with van der Waals surface area (Å²) in [5.41, 5.74) is 3.20. The molecule has 0 aliphatic carbocycles. The lowest BCUT2D eigenvalue weighted by Crippen LogP contribution is -2.39. The lowest BCUT2D eigenvalue weighted by atomic mass is 9.99. The second-order valence-corrected chi connectivity index (χ2v) is 6.18. The zero-order valence-electron chi connectivity index (χ0n) is 16.0. The van der Waals surface area contributed by atoms with Crippen LogP contribution in [-0.4, -0.2) is 36.5 Å². The van der Waals surface area contributed by atoms with Crippen LogP contribution in [0.1, 0.15) is 30.9 Å². The highest BCUT2D eigenvalue weighted by molar-refractivity contribution is 14.0. The van der Waals surface area contributed by atoms with E-state index in [2.05, 4.69) is 64.0 Å². The number of aryl methyl sites for hydroxylation is 1. The molecule has 1 amide bonds. The SMILES string of the molecule is CCNC(=NCC(=O)Nc1cccnc1)NCC(C)c1cccc(C)c1.I. The summed E-state index contributed by atoms with van der Waals surface area (Å²) in [7, 11) is 0. The Hall–Kier alpha value is -2.16. The third-order valence-corrected chi connectivity index (χ3v) is 3.86. The minimum atomic E-state index is -0.179. The van der Waals surface area contributed by atoms with Crippen LogP contribution >= 0.6 is 24.0 Å². The molecule has 2 aromatic rings. The molecule has 2 rings (SSSR count). The van der Waals surface area contributed by atoms with Gasteiger partial charge in [-0.3, -0.25) is 9.78 Å². The molecule has 0 aliphatic heterocycles. The molecule has 1 unspecified atom stereocenters. The van der Waals surface area contributed by atoms with E-state index < -0.39 is 0 Å². The number of anilines is 1. The number of amides is 1. The van der Waals surface area contributed by atoms with Crippen molar-refractivity contribution in [2.75, 3.05) is 25.0 Å². The Morgan fingerprint density at radius 2 is 2.04 bits per heavy atom. The number of rotatable bonds is 7. The Kier molecular flexibility index (Phi) is 10.4. The number of halogens is 1. The van der Waals surface area contributed by atoms with Gasteiger partial charge >= 0.3 is 0 Å². The molecule has 0 aliphatic rings. The number of aromatic nitrogens is 1. The normalized spacial score (nSPS) is 11.9. The fourth-order valence-electron chi connectivity index (χ4n) is 2.47. The highest BCUT2D eigenvalue weighted by Crippen LogP contribution is 2.15. The van der Waals surface area contributed by atoms with Gasteiger partial charge in [0, 0.05) is 19.3 Å². The Morgan fingerprint density at radius 3 is 2.70 bits per heavy atom. The summed E-state index contributed by atoms with van der Waals surface area (Å²) in [5, 5.41) is 9.24.